The molecule has 3 aromatic rings. The molecule has 30 heavy (non-hydrogen) atoms. The predicted octanol–water partition coefficient (Wildman–Crippen LogP) is 4.39. The Morgan fingerprint density at radius 1 is 1.20 bits per heavy atom. The van der Waals surface area contributed by atoms with Crippen molar-refractivity contribution in [1.29, 1.82) is 0 Å². The molecule has 1 fully saturated rings. The molecule has 2 aromatic heterocycles. The predicted molar refractivity (Wildman–Crippen MR) is 120 cm³/mol. The van der Waals surface area contributed by atoms with Gasteiger partial charge in [-0.1, -0.05) is 25.5 Å². The summed E-state index contributed by atoms with van der Waals surface area (Å²) in [5.41, 5.74) is 7.93. The van der Waals surface area contributed by atoms with E-state index in [4.69, 9.17) is 9.47 Å². The normalized spacial score (nSPS) is 20.1. The standard InChI is InChI=1S/C25H29N3O2/c1-3-5-19-6-4-7-22-24(19)20-15-27-21(25-29-12-13-30-25)14-23(20)28(22)16-17(2)18-8-10-26-11-9-18/h4,6-11,16,21,25,27H,3,5,12-15H2,1-2H3/b17-16+. The van der Waals surface area contributed by atoms with Gasteiger partial charge in [-0.2, -0.15) is 0 Å². The van der Waals surface area contributed by atoms with E-state index in [1.807, 2.05) is 12.4 Å². The first-order chi connectivity index (χ1) is 14.8. The van der Waals surface area contributed by atoms with Crippen molar-refractivity contribution < 1.29 is 9.47 Å². The number of aryl methyl sites for hydroxylation is 1. The zero-order valence-electron chi connectivity index (χ0n) is 17.7. The molecule has 2 aliphatic rings. The molecule has 1 saturated heterocycles. The van der Waals surface area contributed by atoms with Gasteiger partial charge in [0, 0.05) is 42.6 Å². The van der Waals surface area contributed by atoms with Crippen LogP contribution in [0.1, 0.15) is 42.7 Å². The second-order valence-electron chi connectivity index (χ2n) is 8.21. The third-order valence-electron chi connectivity index (χ3n) is 6.24. The number of hydrogen-bond acceptors (Lipinski definition) is 4. The Hall–Kier alpha value is -2.47. The largest absolute Gasteiger partial charge is 0.349 e. The Kier molecular flexibility index (Phi) is 5.42. The Morgan fingerprint density at radius 3 is 2.77 bits per heavy atom. The van der Waals surface area contributed by atoms with Crippen LogP contribution in [0.3, 0.4) is 0 Å². The number of nitrogens with zero attached hydrogens (tertiary/aromatic N) is 2. The summed E-state index contributed by atoms with van der Waals surface area (Å²) in [5, 5.41) is 5.09. The quantitative estimate of drug-likeness (QED) is 0.686. The molecular weight excluding hydrogens is 374 g/mol. The number of nitrogens with one attached hydrogen (secondary N) is 1. The second kappa shape index (κ2) is 8.34. The molecule has 5 rings (SSSR count). The SMILES string of the molecule is CCCc1cccc2c1c1c(n2/C=C(\C)c2ccncc2)CC(C2OCCO2)NC1. The highest BCUT2D eigenvalue weighted by Gasteiger charge is 2.33. The highest BCUT2D eigenvalue weighted by Crippen LogP contribution is 2.35. The number of allylic oxidation sites excluding steroid dienone is 1. The average Bonchev–Trinajstić information content (AvgIpc) is 3.42. The first-order valence-electron chi connectivity index (χ1n) is 10.9. The van der Waals surface area contributed by atoms with Crippen molar-refractivity contribution in [3.05, 3.63) is 65.1 Å². The third kappa shape index (κ3) is 3.47. The van der Waals surface area contributed by atoms with E-state index in [0.29, 0.717) is 13.2 Å². The summed E-state index contributed by atoms with van der Waals surface area (Å²) < 4.78 is 14.0. The van der Waals surface area contributed by atoms with E-state index in [0.717, 1.165) is 25.8 Å². The monoisotopic (exact) mass is 403 g/mol. The first-order valence-corrected chi connectivity index (χ1v) is 10.9. The van der Waals surface area contributed by atoms with E-state index < -0.39 is 0 Å². The zero-order valence-corrected chi connectivity index (χ0v) is 17.7. The van der Waals surface area contributed by atoms with Gasteiger partial charge in [0.05, 0.1) is 24.8 Å². The molecule has 1 atom stereocenters. The van der Waals surface area contributed by atoms with Crippen molar-refractivity contribution in [3.63, 3.8) is 0 Å². The Labute approximate surface area is 177 Å². The number of fused-ring (bicyclic) bond motifs is 3. The molecule has 0 amide bonds. The smallest absolute Gasteiger partial charge is 0.173 e. The van der Waals surface area contributed by atoms with Gasteiger partial charge >= 0.3 is 0 Å². The number of pyridine rings is 1. The van der Waals surface area contributed by atoms with Crippen molar-refractivity contribution in [3.8, 4) is 0 Å². The van der Waals surface area contributed by atoms with Crippen LogP contribution in [0.2, 0.25) is 0 Å². The van der Waals surface area contributed by atoms with Crippen LogP contribution in [0.15, 0.2) is 42.7 Å². The van der Waals surface area contributed by atoms with Gasteiger partial charge in [0.25, 0.3) is 0 Å². The average molecular weight is 404 g/mol. The van der Waals surface area contributed by atoms with Crippen molar-refractivity contribution >= 4 is 22.7 Å². The second-order valence-corrected chi connectivity index (χ2v) is 8.21. The highest BCUT2D eigenvalue weighted by molar-refractivity contribution is 5.92. The lowest BCUT2D eigenvalue weighted by atomic mass is 9.96. The van der Waals surface area contributed by atoms with Gasteiger partial charge < -0.3 is 19.4 Å². The molecule has 0 aliphatic carbocycles. The Morgan fingerprint density at radius 2 is 2.00 bits per heavy atom. The Bertz CT molecular complexity index is 1060. The molecule has 156 valence electrons. The maximum Gasteiger partial charge on any atom is 0.173 e. The summed E-state index contributed by atoms with van der Waals surface area (Å²) in [7, 11) is 0. The molecule has 4 heterocycles. The van der Waals surface area contributed by atoms with Crippen LogP contribution in [-0.4, -0.2) is 35.1 Å². The van der Waals surface area contributed by atoms with Gasteiger partial charge in [-0.25, -0.2) is 0 Å². The van der Waals surface area contributed by atoms with Crippen molar-refractivity contribution in [2.45, 2.75) is 52.0 Å². The van der Waals surface area contributed by atoms with Gasteiger partial charge in [0.1, 0.15) is 0 Å². The van der Waals surface area contributed by atoms with Crippen LogP contribution >= 0.6 is 0 Å². The molecule has 1 aromatic carbocycles. The molecule has 5 nitrogen and oxygen atoms in total. The molecule has 1 unspecified atom stereocenters. The fourth-order valence-electron chi connectivity index (χ4n) is 4.81. The number of aromatic nitrogens is 2. The van der Waals surface area contributed by atoms with Crippen LogP contribution < -0.4 is 5.32 Å². The summed E-state index contributed by atoms with van der Waals surface area (Å²) in [4.78, 5) is 4.16. The van der Waals surface area contributed by atoms with Crippen LogP contribution in [-0.2, 0) is 28.9 Å². The van der Waals surface area contributed by atoms with Gasteiger partial charge in [-0.15, -0.1) is 0 Å². The first kappa shape index (κ1) is 19.5. The summed E-state index contributed by atoms with van der Waals surface area (Å²) in [5.74, 6) is 0. The van der Waals surface area contributed by atoms with Crippen LogP contribution in [0, 0.1) is 0 Å². The van der Waals surface area contributed by atoms with Crippen molar-refractivity contribution in [1.82, 2.24) is 14.9 Å². The lowest BCUT2D eigenvalue weighted by Gasteiger charge is -2.28. The van der Waals surface area contributed by atoms with Crippen LogP contribution in [0.4, 0.5) is 0 Å². The van der Waals surface area contributed by atoms with E-state index >= 15 is 0 Å². The molecule has 5 heteroatoms. The van der Waals surface area contributed by atoms with E-state index in [1.165, 1.54) is 38.9 Å². The van der Waals surface area contributed by atoms with Gasteiger partial charge in [0.2, 0.25) is 0 Å². The molecular formula is C25H29N3O2. The van der Waals surface area contributed by atoms with Crippen LogP contribution in [0.5, 0.6) is 0 Å². The molecule has 0 bridgehead atoms. The third-order valence-corrected chi connectivity index (χ3v) is 6.24. The molecule has 0 radical (unpaired) electrons. The zero-order chi connectivity index (χ0) is 20.5. The maximum absolute atomic E-state index is 5.82. The minimum Gasteiger partial charge on any atom is -0.349 e. The highest BCUT2D eigenvalue weighted by atomic mass is 16.7. The van der Waals surface area contributed by atoms with Crippen molar-refractivity contribution in [2.24, 2.45) is 0 Å². The summed E-state index contributed by atoms with van der Waals surface area (Å²) in [6, 6.07) is 11.0. The fourth-order valence-corrected chi connectivity index (χ4v) is 4.81. The molecule has 1 N–H and O–H groups in total. The summed E-state index contributed by atoms with van der Waals surface area (Å²) in [6.07, 6.45) is 8.95. The number of benzene rings is 1. The van der Waals surface area contributed by atoms with Crippen LogP contribution in [0.25, 0.3) is 22.7 Å². The molecule has 0 spiro atoms. The maximum atomic E-state index is 5.82. The van der Waals surface area contributed by atoms with Crippen molar-refractivity contribution in [2.75, 3.05) is 13.2 Å². The van der Waals surface area contributed by atoms with E-state index in [2.05, 4.69) is 65.2 Å². The minimum absolute atomic E-state index is 0.162. The van der Waals surface area contributed by atoms with Gasteiger partial charge in [-0.3, -0.25) is 4.98 Å². The Balaban J connectivity index is 1.65. The fraction of sp³-hybridized carbons (Fsp3) is 0.400. The lowest BCUT2D eigenvalue weighted by molar-refractivity contribution is -0.0690. The number of ether oxygens (including phenoxy) is 2. The lowest BCUT2D eigenvalue weighted by Crippen LogP contribution is -2.45. The topological polar surface area (TPSA) is 48.3 Å². The molecule has 0 saturated carbocycles. The van der Waals surface area contributed by atoms with Gasteiger partial charge in [-0.05, 0) is 53.8 Å². The minimum atomic E-state index is -0.162. The summed E-state index contributed by atoms with van der Waals surface area (Å²) in [6.45, 7) is 6.63. The van der Waals surface area contributed by atoms with Gasteiger partial charge in [0.15, 0.2) is 6.29 Å². The molecule has 2 aliphatic heterocycles. The number of rotatable bonds is 5. The van der Waals surface area contributed by atoms with E-state index in [1.54, 1.807) is 0 Å². The number of hydrogen-bond donors (Lipinski definition) is 1. The van der Waals surface area contributed by atoms with E-state index in [9.17, 15) is 0 Å². The summed E-state index contributed by atoms with van der Waals surface area (Å²) >= 11 is 0. The van der Waals surface area contributed by atoms with E-state index in [-0.39, 0.29) is 12.3 Å².